The van der Waals surface area contributed by atoms with Gasteiger partial charge in [0.1, 0.15) is 5.82 Å². The van der Waals surface area contributed by atoms with Crippen molar-refractivity contribution in [2.24, 2.45) is 5.41 Å². The number of methoxy groups -OCH3 is 1. The molecule has 100 valence electrons. The molecular formula is C13H21N3O2. The van der Waals surface area contributed by atoms with Crippen LogP contribution in [0.5, 0.6) is 0 Å². The van der Waals surface area contributed by atoms with E-state index < -0.39 is 5.41 Å². The number of nitrogens with zero attached hydrogens (tertiary/aromatic N) is 1. The van der Waals surface area contributed by atoms with Crippen LogP contribution in [0.1, 0.15) is 20.8 Å². The number of anilines is 2. The Morgan fingerprint density at radius 2 is 2.11 bits per heavy atom. The summed E-state index contributed by atoms with van der Waals surface area (Å²) in [5, 5.41) is 5.93. The second kappa shape index (κ2) is 6.35. The monoisotopic (exact) mass is 251 g/mol. The van der Waals surface area contributed by atoms with Gasteiger partial charge in [-0.3, -0.25) is 4.79 Å². The summed E-state index contributed by atoms with van der Waals surface area (Å²) in [5.74, 6) is 0.741. The summed E-state index contributed by atoms with van der Waals surface area (Å²) in [6, 6.07) is 3.65. The second-order valence-electron chi connectivity index (χ2n) is 5.06. The predicted octanol–water partition coefficient (Wildman–Crippen LogP) is 2.12. The first kappa shape index (κ1) is 14.4. The van der Waals surface area contributed by atoms with Gasteiger partial charge in [-0.05, 0) is 12.1 Å². The lowest BCUT2D eigenvalue weighted by Crippen LogP contribution is -2.27. The third-order valence-electron chi connectivity index (χ3n) is 2.31. The molecular weight excluding hydrogens is 230 g/mol. The SMILES string of the molecule is COCCNc1ccc(NC(=O)C(C)(C)C)cn1. The van der Waals surface area contributed by atoms with Crippen LogP contribution in [0.2, 0.25) is 0 Å². The van der Waals surface area contributed by atoms with Crippen molar-refractivity contribution in [1.82, 2.24) is 4.98 Å². The van der Waals surface area contributed by atoms with Crippen LogP contribution in [-0.4, -0.2) is 31.2 Å². The van der Waals surface area contributed by atoms with Crippen LogP contribution in [0.3, 0.4) is 0 Å². The van der Waals surface area contributed by atoms with Gasteiger partial charge >= 0.3 is 0 Å². The molecule has 0 atom stereocenters. The van der Waals surface area contributed by atoms with E-state index in [0.717, 1.165) is 5.82 Å². The van der Waals surface area contributed by atoms with Crippen molar-refractivity contribution in [2.45, 2.75) is 20.8 Å². The summed E-state index contributed by atoms with van der Waals surface area (Å²) in [5.41, 5.74) is 0.294. The van der Waals surface area contributed by atoms with E-state index >= 15 is 0 Å². The molecule has 0 bridgehead atoms. The Kier molecular flexibility index (Phi) is 5.09. The quantitative estimate of drug-likeness (QED) is 0.787. The molecule has 0 aromatic carbocycles. The Morgan fingerprint density at radius 1 is 1.39 bits per heavy atom. The third kappa shape index (κ3) is 4.71. The van der Waals surface area contributed by atoms with Gasteiger partial charge in [-0.25, -0.2) is 4.98 Å². The molecule has 0 aliphatic heterocycles. The van der Waals surface area contributed by atoms with Gasteiger partial charge in [-0.2, -0.15) is 0 Å². The lowest BCUT2D eigenvalue weighted by molar-refractivity contribution is -0.123. The van der Waals surface area contributed by atoms with Gasteiger partial charge in [0, 0.05) is 19.1 Å². The number of ether oxygens (including phenoxy) is 1. The molecule has 1 aromatic heterocycles. The van der Waals surface area contributed by atoms with Gasteiger partial charge < -0.3 is 15.4 Å². The zero-order chi connectivity index (χ0) is 13.6. The second-order valence-corrected chi connectivity index (χ2v) is 5.06. The van der Waals surface area contributed by atoms with E-state index in [1.165, 1.54) is 0 Å². The highest BCUT2D eigenvalue weighted by Crippen LogP contribution is 2.17. The van der Waals surface area contributed by atoms with Crippen LogP contribution in [0, 0.1) is 5.41 Å². The number of aromatic nitrogens is 1. The maximum Gasteiger partial charge on any atom is 0.229 e. The zero-order valence-electron chi connectivity index (χ0n) is 11.4. The van der Waals surface area contributed by atoms with Gasteiger partial charge in [0.2, 0.25) is 5.91 Å². The fourth-order valence-electron chi connectivity index (χ4n) is 1.17. The molecule has 18 heavy (non-hydrogen) atoms. The number of carbonyl (C=O) groups excluding carboxylic acids is 1. The van der Waals surface area contributed by atoms with Gasteiger partial charge in [0.05, 0.1) is 18.5 Å². The van der Waals surface area contributed by atoms with Crippen molar-refractivity contribution in [3.63, 3.8) is 0 Å². The average molecular weight is 251 g/mol. The van der Waals surface area contributed by atoms with Gasteiger partial charge in [0.15, 0.2) is 0 Å². The van der Waals surface area contributed by atoms with Crippen molar-refractivity contribution >= 4 is 17.4 Å². The fraction of sp³-hybridized carbons (Fsp3) is 0.538. The molecule has 5 nitrogen and oxygen atoms in total. The Hall–Kier alpha value is -1.62. The molecule has 0 fully saturated rings. The van der Waals surface area contributed by atoms with Crippen molar-refractivity contribution in [3.8, 4) is 0 Å². The molecule has 1 amide bonds. The van der Waals surface area contributed by atoms with Gasteiger partial charge in [-0.1, -0.05) is 20.8 Å². The van der Waals surface area contributed by atoms with Crippen LogP contribution in [0.25, 0.3) is 0 Å². The smallest absolute Gasteiger partial charge is 0.229 e. The molecule has 0 unspecified atom stereocenters. The largest absolute Gasteiger partial charge is 0.383 e. The van der Waals surface area contributed by atoms with Crippen LogP contribution >= 0.6 is 0 Å². The summed E-state index contributed by atoms with van der Waals surface area (Å²) in [7, 11) is 1.65. The highest BCUT2D eigenvalue weighted by atomic mass is 16.5. The first-order chi connectivity index (χ1) is 8.43. The number of hydrogen-bond donors (Lipinski definition) is 2. The zero-order valence-corrected chi connectivity index (χ0v) is 11.4. The van der Waals surface area contributed by atoms with E-state index in [1.54, 1.807) is 13.3 Å². The van der Waals surface area contributed by atoms with E-state index in [-0.39, 0.29) is 5.91 Å². The standard InChI is InChI=1S/C13H21N3O2/c1-13(2,3)12(17)16-10-5-6-11(15-9-10)14-7-8-18-4/h5-6,9H,7-8H2,1-4H3,(H,14,15)(H,16,17). The van der Waals surface area contributed by atoms with E-state index in [4.69, 9.17) is 4.74 Å². The van der Waals surface area contributed by atoms with Crippen LogP contribution < -0.4 is 10.6 Å². The number of hydrogen-bond acceptors (Lipinski definition) is 4. The first-order valence-corrected chi connectivity index (χ1v) is 5.94. The van der Waals surface area contributed by atoms with Crippen molar-refractivity contribution in [2.75, 3.05) is 30.9 Å². The highest BCUT2D eigenvalue weighted by molar-refractivity contribution is 5.94. The summed E-state index contributed by atoms with van der Waals surface area (Å²) >= 11 is 0. The Morgan fingerprint density at radius 3 is 2.61 bits per heavy atom. The Bertz CT molecular complexity index is 382. The predicted molar refractivity (Wildman–Crippen MR) is 72.7 cm³/mol. The molecule has 0 spiro atoms. The Labute approximate surface area is 108 Å². The van der Waals surface area contributed by atoms with E-state index in [9.17, 15) is 4.79 Å². The minimum atomic E-state index is -0.407. The molecule has 1 rings (SSSR count). The van der Waals surface area contributed by atoms with Crippen LogP contribution in [0.15, 0.2) is 18.3 Å². The van der Waals surface area contributed by atoms with E-state index in [1.807, 2.05) is 32.9 Å². The van der Waals surface area contributed by atoms with Gasteiger partial charge in [-0.15, -0.1) is 0 Å². The molecule has 0 saturated heterocycles. The van der Waals surface area contributed by atoms with Crippen LogP contribution in [0.4, 0.5) is 11.5 Å². The lowest BCUT2D eigenvalue weighted by Gasteiger charge is -2.17. The van der Waals surface area contributed by atoms with Crippen molar-refractivity contribution < 1.29 is 9.53 Å². The third-order valence-corrected chi connectivity index (χ3v) is 2.31. The molecule has 5 heteroatoms. The maximum absolute atomic E-state index is 11.8. The van der Waals surface area contributed by atoms with Crippen LogP contribution in [-0.2, 0) is 9.53 Å². The number of nitrogens with one attached hydrogen (secondary N) is 2. The van der Waals surface area contributed by atoms with E-state index in [0.29, 0.717) is 18.8 Å². The number of rotatable bonds is 5. The summed E-state index contributed by atoms with van der Waals surface area (Å²) < 4.78 is 4.93. The number of amides is 1. The average Bonchev–Trinajstić information content (AvgIpc) is 2.30. The summed E-state index contributed by atoms with van der Waals surface area (Å²) in [6.45, 7) is 6.95. The normalized spacial score (nSPS) is 11.1. The molecule has 0 aliphatic rings. The molecule has 0 saturated carbocycles. The molecule has 0 radical (unpaired) electrons. The van der Waals surface area contributed by atoms with Crippen molar-refractivity contribution in [3.05, 3.63) is 18.3 Å². The Balaban J connectivity index is 2.53. The molecule has 1 heterocycles. The highest BCUT2D eigenvalue weighted by Gasteiger charge is 2.21. The van der Waals surface area contributed by atoms with Gasteiger partial charge in [0.25, 0.3) is 0 Å². The number of carbonyl (C=O) groups is 1. The molecule has 0 aliphatic carbocycles. The first-order valence-electron chi connectivity index (χ1n) is 5.94. The summed E-state index contributed by atoms with van der Waals surface area (Å²) in [6.07, 6.45) is 1.64. The lowest BCUT2D eigenvalue weighted by atomic mass is 9.96. The summed E-state index contributed by atoms with van der Waals surface area (Å²) in [4.78, 5) is 16.0. The minimum absolute atomic E-state index is 0.0237. The maximum atomic E-state index is 11.8. The molecule has 2 N–H and O–H groups in total. The fourth-order valence-corrected chi connectivity index (χ4v) is 1.17. The topological polar surface area (TPSA) is 63.2 Å². The molecule has 1 aromatic rings. The van der Waals surface area contributed by atoms with E-state index in [2.05, 4.69) is 15.6 Å². The minimum Gasteiger partial charge on any atom is -0.383 e. The number of pyridine rings is 1. The van der Waals surface area contributed by atoms with Crippen molar-refractivity contribution in [1.29, 1.82) is 0 Å².